The predicted octanol–water partition coefficient (Wildman–Crippen LogP) is 2.20. The molecular formula is C17H22O3. The van der Waals surface area contributed by atoms with Gasteiger partial charge in [0.25, 0.3) is 0 Å². The molecule has 2 N–H and O–H groups in total. The van der Waals surface area contributed by atoms with Gasteiger partial charge in [0.15, 0.2) is 0 Å². The highest BCUT2D eigenvalue weighted by Gasteiger charge is 2.39. The highest BCUT2D eigenvalue weighted by Crippen LogP contribution is 2.47. The third-order valence-electron chi connectivity index (χ3n) is 5.00. The van der Waals surface area contributed by atoms with E-state index < -0.39 is 0 Å². The van der Waals surface area contributed by atoms with E-state index in [9.17, 15) is 10.2 Å². The lowest BCUT2D eigenvalue weighted by Gasteiger charge is -2.42. The van der Waals surface area contributed by atoms with Gasteiger partial charge < -0.3 is 14.9 Å². The van der Waals surface area contributed by atoms with Crippen molar-refractivity contribution in [3.8, 4) is 0 Å². The number of allylic oxidation sites excluding steroid dienone is 6. The fraction of sp³-hybridized carbons (Fsp3) is 0.529. The van der Waals surface area contributed by atoms with Crippen molar-refractivity contribution < 1.29 is 14.9 Å². The van der Waals surface area contributed by atoms with Crippen molar-refractivity contribution in [3.05, 3.63) is 47.3 Å². The summed E-state index contributed by atoms with van der Waals surface area (Å²) in [6.07, 6.45) is 12.7. The Morgan fingerprint density at radius 2 is 2.05 bits per heavy atom. The minimum absolute atomic E-state index is 0.109. The number of rotatable bonds is 3. The van der Waals surface area contributed by atoms with Crippen molar-refractivity contribution in [1.29, 1.82) is 0 Å². The van der Waals surface area contributed by atoms with Crippen LogP contribution in [0.3, 0.4) is 0 Å². The third-order valence-corrected chi connectivity index (χ3v) is 5.00. The van der Waals surface area contributed by atoms with Gasteiger partial charge in [0.1, 0.15) is 5.76 Å². The van der Waals surface area contributed by atoms with Gasteiger partial charge in [0.05, 0.1) is 7.11 Å². The van der Waals surface area contributed by atoms with Crippen molar-refractivity contribution >= 4 is 0 Å². The molecule has 0 aromatic heterocycles. The minimum atomic E-state index is 0.109. The van der Waals surface area contributed by atoms with E-state index in [1.165, 1.54) is 11.1 Å². The maximum Gasteiger partial charge on any atom is 0.118 e. The Bertz CT molecular complexity index is 498. The Labute approximate surface area is 120 Å². The van der Waals surface area contributed by atoms with Crippen molar-refractivity contribution in [2.75, 3.05) is 20.3 Å². The summed E-state index contributed by atoms with van der Waals surface area (Å²) in [5.74, 6) is 2.06. The molecule has 0 spiro atoms. The maximum absolute atomic E-state index is 9.69. The summed E-state index contributed by atoms with van der Waals surface area (Å²) in [5.41, 5.74) is 2.60. The lowest BCUT2D eigenvalue weighted by molar-refractivity contribution is 0.0985. The van der Waals surface area contributed by atoms with Gasteiger partial charge in [-0.25, -0.2) is 0 Å². The summed E-state index contributed by atoms with van der Waals surface area (Å²) in [4.78, 5) is 0. The average Bonchev–Trinajstić information content (AvgIpc) is 2.52. The van der Waals surface area contributed by atoms with E-state index in [4.69, 9.17) is 4.74 Å². The lowest BCUT2D eigenvalue weighted by atomic mass is 9.63. The van der Waals surface area contributed by atoms with Crippen molar-refractivity contribution in [2.24, 2.45) is 23.7 Å². The van der Waals surface area contributed by atoms with Crippen LogP contribution in [0.2, 0.25) is 0 Å². The first-order valence-corrected chi connectivity index (χ1v) is 7.35. The first kappa shape index (κ1) is 13.7. The van der Waals surface area contributed by atoms with Gasteiger partial charge in [-0.05, 0) is 42.4 Å². The normalized spacial score (nSPS) is 35.5. The summed E-state index contributed by atoms with van der Waals surface area (Å²) >= 11 is 0. The van der Waals surface area contributed by atoms with Crippen LogP contribution < -0.4 is 0 Å². The molecule has 0 heterocycles. The molecule has 3 heteroatoms. The molecule has 3 aliphatic carbocycles. The topological polar surface area (TPSA) is 49.7 Å². The molecule has 3 nitrogen and oxygen atoms in total. The van der Waals surface area contributed by atoms with Gasteiger partial charge in [-0.2, -0.15) is 0 Å². The van der Waals surface area contributed by atoms with E-state index in [-0.39, 0.29) is 25.0 Å². The second-order valence-electron chi connectivity index (χ2n) is 5.88. The summed E-state index contributed by atoms with van der Waals surface area (Å²) in [7, 11) is 1.69. The van der Waals surface area contributed by atoms with Crippen LogP contribution >= 0.6 is 0 Å². The van der Waals surface area contributed by atoms with Gasteiger partial charge in [0.2, 0.25) is 0 Å². The summed E-state index contributed by atoms with van der Waals surface area (Å²) in [6.45, 7) is 0.298. The van der Waals surface area contributed by atoms with Crippen LogP contribution in [-0.4, -0.2) is 30.5 Å². The molecule has 1 saturated carbocycles. The maximum atomic E-state index is 9.69. The smallest absolute Gasteiger partial charge is 0.118 e. The van der Waals surface area contributed by atoms with Crippen LogP contribution in [0.5, 0.6) is 0 Å². The second kappa shape index (κ2) is 5.58. The van der Waals surface area contributed by atoms with Crippen LogP contribution in [0.25, 0.3) is 0 Å². The molecule has 0 saturated heterocycles. The minimum Gasteiger partial charge on any atom is -0.497 e. The number of fused-ring (bicyclic) bond motifs is 3. The monoisotopic (exact) mass is 274 g/mol. The molecule has 0 aromatic rings. The molecule has 0 aromatic carbocycles. The van der Waals surface area contributed by atoms with Crippen molar-refractivity contribution in [1.82, 2.24) is 0 Å². The molecule has 3 aliphatic rings. The predicted molar refractivity (Wildman–Crippen MR) is 77.8 cm³/mol. The fourth-order valence-corrected chi connectivity index (χ4v) is 3.88. The number of ether oxygens (including phenoxy) is 1. The van der Waals surface area contributed by atoms with E-state index in [2.05, 4.69) is 24.3 Å². The number of hydrogen-bond acceptors (Lipinski definition) is 3. The Balaban J connectivity index is 1.93. The van der Waals surface area contributed by atoms with E-state index in [0.29, 0.717) is 11.8 Å². The van der Waals surface area contributed by atoms with Gasteiger partial charge in [-0.15, -0.1) is 0 Å². The van der Waals surface area contributed by atoms with E-state index >= 15 is 0 Å². The first-order chi connectivity index (χ1) is 9.78. The van der Waals surface area contributed by atoms with Crippen molar-refractivity contribution in [3.63, 3.8) is 0 Å². The van der Waals surface area contributed by atoms with Gasteiger partial charge in [-0.1, -0.05) is 23.8 Å². The van der Waals surface area contributed by atoms with Crippen molar-refractivity contribution in [2.45, 2.75) is 12.8 Å². The second-order valence-corrected chi connectivity index (χ2v) is 5.88. The quantitative estimate of drug-likeness (QED) is 0.829. The Morgan fingerprint density at radius 3 is 2.75 bits per heavy atom. The number of aliphatic hydroxyl groups is 2. The fourth-order valence-electron chi connectivity index (χ4n) is 3.88. The summed E-state index contributed by atoms with van der Waals surface area (Å²) in [5, 5.41) is 19.2. The zero-order valence-corrected chi connectivity index (χ0v) is 11.8. The molecule has 4 atom stereocenters. The third kappa shape index (κ3) is 2.15. The molecule has 20 heavy (non-hydrogen) atoms. The summed E-state index contributed by atoms with van der Waals surface area (Å²) in [6, 6.07) is 0. The van der Waals surface area contributed by atoms with Crippen LogP contribution in [0.15, 0.2) is 47.3 Å². The van der Waals surface area contributed by atoms with Crippen LogP contribution in [0.1, 0.15) is 12.8 Å². The Morgan fingerprint density at radius 1 is 1.20 bits per heavy atom. The molecule has 0 radical (unpaired) electrons. The number of methoxy groups -OCH3 is 1. The summed E-state index contributed by atoms with van der Waals surface area (Å²) < 4.78 is 5.29. The molecule has 0 amide bonds. The highest BCUT2D eigenvalue weighted by molar-refractivity contribution is 5.45. The number of hydrogen-bond donors (Lipinski definition) is 2. The van der Waals surface area contributed by atoms with E-state index in [1.807, 2.05) is 6.08 Å². The first-order valence-electron chi connectivity index (χ1n) is 7.35. The number of aliphatic hydroxyl groups excluding tert-OH is 2. The largest absolute Gasteiger partial charge is 0.497 e. The molecular weight excluding hydrogens is 252 g/mol. The molecule has 3 rings (SSSR count). The van der Waals surface area contributed by atoms with Gasteiger partial charge in [0, 0.05) is 25.0 Å². The van der Waals surface area contributed by atoms with Crippen LogP contribution in [0.4, 0.5) is 0 Å². The molecule has 0 aliphatic heterocycles. The molecule has 1 fully saturated rings. The van der Waals surface area contributed by atoms with E-state index in [1.54, 1.807) is 7.11 Å². The van der Waals surface area contributed by atoms with Crippen LogP contribution in [-0.2, 0) is 4.74 Å². The van der Waals surface area contributed by atoms with Crippen LogP contribution in [0, 0.1) is 23.7 Å². The van der Waals surface area contributed by atoms with Gasteiger partial charge in [-0.3, -0.25) is 0 Å². The lowest BCUT2D eigenvalue weighted by Crippen LogP contribution is -2.36. The zero-order chi connectivity index (χ0) is 14.1. The highest BCUT2D eigenvalue weighted by atomic mass is 16.5. The van der Waals surface area contributed by atoms with E-state index in [0.717, 1.165) is 18.6 Å². The average molecular weight is 274 g/mol. The zero-order valence-electron chi connectivity index (χ0n) is 11.8. The SMILES string of the molecule is COC1=CC2=CC=C3C(CO)C(CO)CCC3C2C=C1. The Kier molecular flexibility index (Phi) is 3.81. The van der Waals surface area contributed by atoms with Gasteiger partial charge >= 0.3 is 0 Å². The molecule has 4 unspecified atom stereocenters. The standard InChI is InChI=1S/C17H22O3/c1-20-13-4-7-14-11(8-13)2-5-16-15(14)6-3-12(9-18)17(16)10-19/h2,4-5,7-8,12,14-15,17-19H,3,6,9-10H2,1H3. The molecule has 0 bridgehead atoms. The Hall–Kier alpha value is -1.32. The molecule has 108 valence electrons.